The lowest BCUT2D eigenvalue weighted by atomic mass is 9.82. The number of carbonyl (C=O) groups is 1. The molecule has 1 saturated carbocycles. The number of ketones is 1. The maximum absolute atomic E-state index is 12.7. The second kappa shape index (κ2) is 7.84. The molecule has 6 heteroatoms. The summed E-state index contributed by atoms with van der Waals surface area (Å²) in [5, 5.41) is 13.1. The lowest BCUT2D eigenvalue weighted by molar-refractivity contribution is 0.0940. The van der Waals surface area contributed by atoms with Gasteiger partial charge in [-0.3, -0.25) is 25.0 Å². The highest BCUT2D eigenvalue weighted by Crippen LogP contribution is 2.31. The van der Waals surface area contributed by atoms with E-state index in [9.17, 15) is 9.90 Å². The molecule has 1 saturated heterocycles. The first-order valence-corrected chi connectivity index (χ1v) is 9.71. The Morgan fingerprint density at radius 1 is 1.11 bits per heavy atom. The zero-order valence-corrected chi connectivity index (χ0v) is 15.5. The van der Waals surface area contributed by atoms with Gasteiger partial charge in [-0.15, -0.1) is 0 Å². The van der Waals surface area contributed by atoms with Gasteiger partial charge in [0.25, 0.3) is 0 Å². The molecule has 4 rings (SSSR count). The maximum Gasteiger partial charge on any atom is 0.176 e. The van der Waals surface area contributed by atoms with Crippen molar-refractivity contribution < 1.29 is 9.90 Å². The summed E-state index contributed by atoms with van der Waals surface area (Å²) < 4.78 is 0. The molecule has 1 spiro atoms. The zero-order chi connectivity index (χ0) is 18.7. The summed E-state index contributed by atoms with van der Waals surface area (Å²) in [7, 11) is 0. The van der Waals surface area contributed by atoms with Crippen LogP contribution in [0.3, 0.4) is 0 Å². The summed E-state index contributed by atoms with van der Waals surface area (Å²) in [6.07, 6.45) is 9.52. The molecular weight excluding hydrogens is 340 g/mol. The van der Waals surface area contributed by atoms with Gasteiger partial charge in [-0.05, 0) is 12.8 Å². The van der Waals surface area contributed by atoms with Gasteiger partial charge in [-0.25, -0.2) is 0 Å². The minimum atomic E-state index is -0.159. The Kier molecular flexibility index (Phi) is 5.29. The van der Waals surface area contributed by atoms with Gasteiger partial charge in [0.1, 0.15) is 0 Å². The van der Waals surface area contributed by atoms with Crippen LogP contribution in [0.25, 0.3) is 11.3 Å². The Bertz CT molecular complexity index is 800. The van der Waals surface area contributed by atoms with E-state index in [2.05, 4.69) is 20.2 Å². The van der Waals surface area contributed by atoms with Gasteiger partial charge in [-0.1, -0.05) is 43.5 Å². The van der Waals surface area contributed by atoms with Crippen molar-refractivity contribution in [3.05, 3.63) is 47.9 Å². The molecule has 27 heavy (non-hydrogen) atoms. The SMILES string of the molecule is O=C(CN1CNC2(CCCCC2)C1)c1ccc(-c2nccnc2CO)cc1. The van der Waals surface area contributed by atoms with Gasteiger partial charge >= 0.3 is 0 Å². The Labute approximate surface area is 159 Å². The molecule has 0 atom stereocenters. The number of carbonyl (C=O) groups excluding carboxylic acids is 1. The second-order valence-electron chi connectivity index (χ2n) is 7.67. The van der Waals surface area contributed by atoms with Crippen LogP contribution in [0.1, 0.15) is 48.2 Å². The number of Topliss-reactive ketones (excluding diaryl/α,β-unsaturated/α-hetero) is 1. The third-order valence-electron chi connectivity index (χ3n) is 5.79. The Balaban J connectivity index is 1.41. The lowest BCUT2D eigenvalue weighted by Gasteiger charge is -2.33. The number of hydrogen-bond donors (Lipinski definition) is 2. The van der Waals surface area contributed by atoms with Crippen LogP contribution >= 0.6 is 0 Å². The molecule has 1 aromatic carbocycles. The first-order chi connectivity index (χ1) is 13.2. The summed E-state index contributed by atoms with van der Waals surface area (Å²) in [6, 6.07) is 7.43. The van der Waals surface area contributed by atoms with Gasteiger partial charge in [-0.2, -0.15) is 0 Å². The molecule has 0 radical (unpaired) electrons. The molecule has 2 fully saturated rings. The van der Waals surface area contributed by atoms with E-state index in [1.54, 1.807) is 12.4 Å². The van der Waals surface area contributed by atoms with Gasteiger partial charge < -0.3 is 5.11 Å². The van der Waals surface area contributed by atoms with Crippen molar-refractivity contribution in [1.82, 2.24) is 20.2 Å². The van der Waals surface area contributed by atoms with E-state index in [0.29, 0.717) is 23.5 Å². The van der Waals surface area contributed by atoms with E-state index in [1.165, 1.54) is 32.1 Å². The largest absolute Gasteiger partial charge is 0.390 e. The van der Waals surface area contributed by atoms with Crippen LogP contribution in [0, 0.1) is 0 Å². The van der Waals surface area contributed by atoms with E-state index in [4.69, 9.17) is 0 Å². The number of rotatable bonds is 5. The maximum atomic E-state index is 12.7. The molecular formula is C21H26N4O2. The van der Waals surface area contributed by atoms with Crippen molar-refractivity contribution in [2.24, 2.45) is 0 Å². The van der Waals surface area contributed by atoms with Crippen LogP contribution in [0.4, 0.5) is 0 Å². The van der Waals surface area contributed by atoms with Crippen molar-refractivity contribution in [2.75, 3.05) is 19.8 Å². The molecule has 0 amide bonds. The van der Waals surface area contributed by atoms with Crippen molar-refractivity contribution >= 4 is 5.78 Å². The van der Waals surface area contributed by atoms with Crippen LogP contribution in [-0.2, 0) is 6.61 Å². The van der Waals surface area contributed by atoms with Crippen LogP contribution in [0.15, 0.2) is 36.7 Å². The summed E-state index contributed by atoms with van der Waals surface area (Å²) >= 11 is 0. The first-order valence-electron chi connectivity index (χ1n) is 9.71. The highest BCUT2D eigenvalue weighted by molar-refractivity contribution is 5.98. The Morgan fingerprint density at radius 3 is 2.59 bits per heavy atom. The highest BCUT2D eigenvalue weighted by Gasteiger charge is 2.38. The second-order valence-corrected chi connectivity index (χ2v) is 7.67. The van der Waals surface area contributed by atoms with E-state index in [-0.39, 0.29) is 17.9 Å². The molecule has 0 bridgehead atoms. The zero-order valence-electron chi connectivity index (χ0n) is 15.5. The minimum absolute atomic E-state index is 0.137. The third-order valence-corrected chi connectivity index (χ3v) is 5.79. The molecule has 1 aliphatic heterocycles. The molecule has 2 N–H and O–H groups in total. The van der Waals surface area contributed by atoms with Gasteiger partial charge in [0.05, 0.1) is 24.5 Å². The smallest absolute Gasteiger partial charge is 0.176 e. The molecule has 142 valence electrons. The van der Waals surface area contributed by atoms with E-state index >= 15 is 0 Å². The van der Waals surface area contributed by atoms with E-state index < -0.39 is 0 Å². The van der Waals surface area contributed by atoms with Crippen LogP contribution in [-0.4, -0.2) is 51.1 Å². The fourth-order valence-electron chi connectivity index (χ4n) is 4.33. The number of nitrogens with zero attached hydrogens (tertiary/aromatic N) is 3. The van der Waals surface area contributed by atoms with Crippen LogP contribution in [0.5, 0.6) is 0 Å². The van der Waals surface area contributed by atoms with Crippen molar-refractivity contribution in [1.29, 1.82) is 0 Å². The topological polar surface area (TPSA) is 78.4 Å². The number of aromatic nitrogens is 2. The fourth-order valence-corrected chi connectivity index (χ4v) is 4.33. The first kappa shape index (κ1) is 18.2. The predicted octanol–water partition coefficient (Wildman–Crippen LogP) is 2.38. The van der Waals surface area contributed by atoms with Crippen LogP contribution in [0.2, 0.25) is 0 Å². The number of aliphatic hydroxyl groups is 1. The van der Waals surface area contributed by atoms with E-state index in [0.717, 1.165) is 18.8 Å². The number of nitrogens with one attached hydrogen (secondary N) is 1. The number of aliphatic hydroxyl groups excluding tert-OH is 1. The molecule has 1 aliphatic carbocycles. The minimum Gasteiger partial charge on any atom is -0.390 e. The quantitative estimate of drug-likeness (QED) is 0.791. The molecule has 0 unspecified atom stereocenters. The monoisotopic (exact) mass is 366 g/mol. The highest BCUT2D eigenvalue weighted by atomic mass is 16.3. The number of hydrogen-bond acceptors (Lipinski definition) is 6. The lowest BCUT2D eigenvalue weighted by Crippen LogP contribution is -2.44. The van der Waals surface area contributed by atoms with Crippen molar-refractivity contribution in [3.8, 4) is 11.3 Å². The standard InChI is InChI=1S/C21H26N4O2/c26-13-18-20(23-11-10-22-18)17-6-4-16(5-7-17)19(27)12-25-14-21(24-15-25)8-2-1-3-9-21/h4-7,10-11,24,26H,1-3,8-9,12-15H2. The predicted molar refractivity (Wildman–Crippen MR) is 103 cm³/mol. The summed E-state index contributed by atoms with van der Waals surface area (Å²) in [5.41, 5.74) is 2.99. The average Bonchev–Trinajstić information content (AvgIpc) is 3.10. The summed E-state index contributed by atoms with van der Waals surface area (Å²) in [4.78, 5) is 23.4. The molecule has 2 aliphatic rings. The van der Waals surface area contributed by atoms with Crippen molar-refractivity contribution in [3.63, 3.8) is 0 Å². The molecule has 2 aromatic rings. The average molecular weight is 366 g/mol. The van der Waals surface area contributed by atoms with Crippen LogP contribution < -0.4 is 5.32 Å². The number of benzene rings is 1. The van der Waals surface area contributed by atoms with Gasteiger partial charge in [0.2, 0.25) is 0 Å². The molecule has 1 aromatic heterocycles. The third kappa shape index (κ3) is 3.93. The van der Waals surface area contributed by atoms with Crippen molar-refractivity contribution in [2.45, 2.75) is 44.2 Å². The Hall–Kier alpha value is -2.15. The molecule has 2 heterocycles. The molecule has 6 nitrogen and oxygen atoms in total. The summed E-state index contributed by atoms with van der Waals surface area (Å²) in [5.74, 6) is 0.137. The van der Waals surface area contributed by atoms with Gasteiger partial charge in [0.15, 0.2) is 5.78 Å². The Morgan fingerprint density at radius 2 is 1.85 bits per heavy atom. The van der Waals surface area contributed by atoms with E-state index in [1.807, 2.05) is 24.3 Å². The normalized spacial score (nSPS) is 19.4. The van der Waals surface area contributed by atoms with Gasteiger partial charge in [0, 0.05) is 42.3 Å². The fraction of sp³-hybridized carbons (Fsp3) is 0.476. The summed E-state index contributed by atoms with van der Waals surface area (Å²) in [6.45, 7) is 2.05.